The van der Waals surface area contributed by atoms with Crippen LogP contribution in [0.5, 0.6) is 0 Å². The van der Waals surface area contributed by atoms with Gasteiger partial charge in [0.2, 0.25) is 0 Å². The van der Waals surface area contributed by atoms with E-state index in [1.807, 2.05) is 32.9 Å². The molecule has 1 amide bonds. The Labute approximate surface area is 136 Å². The van der Waals surface area contributed by atoms with Crippen LogP contribution in [0.3, 0.4) is 0 Å². The maximum atomic E-state index is 12.0. The minimum Gasteiger partial charge on any atom is -0.444 e. The summed E-state index contributed by atoms with van der Waals surface area (Å²) in [7, 11) is 0. The van der Waals surface area contributed by atoms with Gasteiger partial charge < -0.3 is 14.8 Å². The Morgan fingerprint density at radius 3 is 2.41 bits per heavy atom. The van der Waals surface area contributed by atoms with Gasteiger partial charge in [-0.2, -0.15) is 0 Å². The van der Waals surface area contributed by atoms with E-state index >= 15 is 0 Å². The molecular formula is C17H22ClNO3. The fourth-order valence-corrected chi connectivity index (χ4v) is 2.60. The van der Waals surface area contributed by atoms with Gasteiger partial charge in [0.05, 0.1) is 5.54 Å². The summed E-state index contributed by atoms with van der Waals surface area (Å²) in [5.74, 6) is -0.263. The number of amides is 1. The molecular weight excluding hydrogens is 302 g/mol. The standard InChI is InChI=1S/C17H22ClNO3/c1-16(2,3)22-15(21)19-17(8-9-17)13(11-20)10-12-4-6-14(18)7-5-12/h4-7,11,13H,8-10H2,1-3H3,(H,19,21). The molecule has 1 N–H and O–H groups in total. The SMILES string of the molecule is CC(C)(C)OC(=O)NC1(C(C=O)Cc2ccc(Cl)cc2)CC1. The van der Waals surface area contributed by atoms with Gasteiger partial charge in [-0.1, -0.05) is 23.7 Å². The molecule has 2 rings (SSSR count). The third kappa shape index (κ3) is 4.47. The average Bonchev–Trinajstić information content (AvgIpc) is 3.16. The van der Waals surface area contributed by atoms with Crippen LogP contribution in [0.15, 0.2) is 24.3 Å². The lowest BCUT2D eigenvalue weighted by molar-refractivity contribution is -0.112. The van der Waals surface area contributed by atoms with Crippen molar-refractivity contribution in [3.8, 4) is 0 Å². The Bertz CT molecular complexity index is 544. The number of aldehydes is 1. The van der Waals surface area contributed by atoms with Crippen LogP contribution >= 0.6 is 11.6 Å². The molecule has 1 atom stereocenters. The first-order chi connectivity index (χ1) is 10.2. The number of hydrogen-bond donors (Lipinski definition) is 1. The van der Waals surface area contributed by atoms with E-state index in [1.165, 1.54) is 0 Å². The minimum absolute atomic E-state index is 0.263. The van der Waals surface area contributed by atoms with Crippen LogP contribution in [-0.4, -0.2) is 23.5 Å². The molecule has 4 nitrogen and oxygen atoms in total. The number of nitrogens with one attached hydrogen (secondary N) is 1. The van der Waals surface area contributed by atoms with E-state index in [0.717, 1.165) is 24.7 Å². The molecule has 0 bridgehead atoms. The van der Waals surface area contributed by atoms with Crippen molar-refractivity contribution in [3.05, 3.63) is 34.9 Å². The summed E-state index contributed by atoms with van der Waals surface area (Å²) in [5.41, 5.74) is 0.00951. The zero-order chi connectivity index (χ0) is 16.4. The maximum absolute atomic E-state index is 12.0. The van der Waals surface area contributed by atoms with E-state index < -0.39 is 17.2 Å². The fraction of sp³-hybridized carbons (Fsp3) is 0.529. The van der Waals surface area contributed by atoms with Gasteiger partial charge in [0.1, 0.15) is 11.9 Å². The second-order valence-electron chi connectivity index (χ2n) is 6.86. The summed E-state index contributed by atoms with van der Waals surface area (Å²) in [6.45, 7) is 5.45. The Morgan fingerprint density at radius 1 is 1.36 bits per heavy atom. The van der Waals surface area contributed by atoms with Crippen LogP contribution in [0.2, 0.25) is 5.02 Å². The van der Waals surface area contributed by atoms with Crippen molar-refractivity contribution in [1.29, 1.82) is 0 Å². The normalized spacial score (nSPS) is 17.5. The minimum atomic E-state index is -0.549. The molecule has 120 valence electrons. The van der Waals surface area contributed by atoms with E-state index in [4.69, 9.17) is 16.3 Å². The van der Waals surface area contributed by atoms with Crippen LogP contribution in [-0.2, 0) is 16.0 Å². The molecule has 1 unspecified atom stereocenters. The highest BCUT2D eigenvalue weighted by Crippen LogP contribution is 2.43. The van der Waals surface area contributed by atoms with Gasteiger partial charge in [-0.3, -0.25) is 0 Å². The second-order valence-corrected chi connectivity index (χ2v) is 7.29. The van der Waals surface area contributed by atoms with Crippen molar-refractivity contribution in [2.75, 3.05) is 0 Å². The third-order valence-corrected chi connectivity index (χ3v) is 4.03. The number of hydrogen-bond acceptors (Lipinski definition) is 3. The summed E-state index contributed by atoms with van der Waals surface area (Å²) >= 11 is 5.87. The monoisotopic (exact) mass is 323 g/mol. The number of halogens is 1. The zero-order valence-corrected chi connectivity index (χ0v) is 13.9. The van der Waals surface area contributed by atoms with E-state index in [-0.39, 0.29) is 5.92 Å². The van der Waals surface area contributed by atoms with Crippen molar-refractivity contribution in [2.45, 2.75) is 51.2 Å². The van der Waals surface area contributed by atoms with Crippen LogP contribution in [0, 0.1) is 5.92 Å². The number of alkyl carbamates (subject to hydrolysis) is 1. The van der Waals surface area contributed by atoms with Crippen molar-refractivity contribution in [3.63, 3.8) is 0 Å². The predicted octanol–water partition coefficient (Wildman–Crippen LogP) is 3.75. The van der Waals surface area contributed by atoms with Crippen LogP contribution in [0.25, 0.3) is 0 Å². The van der Waals surface area contributed by atoms with Crippen LogP contribution in [0.4, 0.5) is 4.79 Å². The molecule has 0 aromatic heterocycles. The van der Waals surface area contributed by atoms with Crippen LogP contribution in [0.1, 0.15) is 39.2 Å². The van der Waals surface area contributed by atoms with Crippen molar-refractivity contribution >= 4 is 24.0 Å². The number of ether oxygens (including phenoxy) is 1. The maximum Gasteiger partial charge on any atom is 0.408 e. The number of carbonyl (C=O) groups excluding carboxylic acids is 2. The van der Waals surface area contributed by atoms with Gasteiger partial charge in [0, 0.05) is 10.9 Å². The van der Waals surface area contributed by atoms with E-state index in [1.54, 1.807) is 12.1 Å². The van der Waals surface area contributed by atoms with Gasteiger partial charge in [-0.15, -0.1) is 0 Å². The molecule has 1 saturated carbocycles. The number of rotatable bonds is 5. The average molecular weight is 324 g/mol. The van der Waals surface area contributed by atoms with Gasteiger partial charge >= 0.3 is 6.09 Å². The number of carbonyl (C=O) groups is 2. The Morgan fingerprint density at radius 2 is 1.95 bits per heavy atom. The molecule has 1 fully saturated rings. The Kier molecular flexibility index (Phi) is 4.81. The fourth-order valence-electron chi connectivity index (χ4n) is 2.48. The van der Waals surface area contributed by atoms with Crippen molar-refractivity contribution in [2.24, 2.45) is 5.92 Å². The van der Waals surface area contributed by atoms with E-state index in [0.29, 0.717) is 11.4 Å². The highest BCUT2D eigenvalue weighted by atomic mass is 35.5. The second kappa shape index (κ2) is 6.29. The Hall–Kier alpha value is -1.55. The van der Waals surface area contributed by atoms with Crippen LogP contribution < -0.4 is 5.32 Å². The first-order valence-electron chi connectivity index (χ1n) is 7.45. The molecule has 5 heteroatoms. The molecule has 0 aliphatic heterocycles. The van der Waals surface area contributed by atoms with Gasteiger partial charge in [0.15, 0.2) is 0 Å². The summed E-state index contributed by atoms with van der Waals surface area (Å²) < 4.78 is 5.29. The van der Waals surface area contributed by atoms with Crippen molar-refractivity contribution in [1.82, 2.24) is 5.32 Å². The molecule has 0 heterocycles. The molecule has 0 spiro atoms. The molecule has 1 aromatic rings. The lowest BCUT2D eigenvalue weighted by Gasteiger charge is -2.26. The lowest BCUT2D eigenvalue weighted by atomic mass is 9.91. The smallest absolute Gasteiger partial charge is 0.408 e. The van der Waals surface area contributed by atoms with Gasteiger partial charge in [-0.05, 0) is 57.7 Å². The zero-order valence-electron chi connectivity index (χ0n) is 13.2. The third-order valence-electron chi connectivity index (χ3n) is 3.78. The molecule has 1 aliphatic rings. The number of benzene rings is 1. The lowest BCUT2D eigenvalue weighted by Crippen LogP contribution is -2.46. The summed E-state index contributed by atoms with van der Waals surface area (Å²) in [4.78, 5) is 23.5. The Balaban J connectivity index is 2.02. The molecule has 1 aliphatic carbocycles. The first-order valence-corrected chi connectivity index (χ1v) is 7.83. The van der Waals surface area contributed by atoms with E-state index in [9.17, 15) is 9.59 Å². The molecule has 0 radical (unpaired) electrons. The molecule has 0 saturated heterocycles. The predicted molar refractivity (Wildman–Crippen MR) is 86.0 cm³/mol. The quantitative estimate of drug-likeness (QED) is 0.839. The summed E-state index contributed by atoms with van der Waals surface area (Å²) in [5, 5.41) is 3.55. The van der Waals surface area contributed by atoms with E-state index in [2.05, 4.69) is 5.32 Å². The van der Waals surface area contributed by atoms with Gasteiger partial charge in [0.25, 0.3) is 0 Å². The summed E-state index contributed by atoms with van der Waals surface area (Å²) in [6, 6.07) is 7.42. The van der Waals surface area contributed by atoms with Gasteiger partial charge in [-0.25, -0.2) is 4.79 Å². The topological polar surface area (TPSA) is 55.4 Å². The largest absolute Gasteiger partial charge is 0.444 e. The highest BCUT2D eigenvalue weighted by molar-refractivity contribution is 6.30. The molecule has 22 heavy (non-hydrogen) atoms. The summed E-state index contributed by atoms with van der Waals surface area (Å²) in [6.07, 6.45) is 2.63. The molecule has 1 aromatic carbocycles. The first kappa shape index (κ1) is 16.8. The highest BCUT2D eigenvalue weighted by Gasteiger charge is 2.51. The van der Waals surface area contributed by atoms with Crippen molar-refractivity contribution < 1.29 is 14.3 Å².